The fourth-order valence-electron chi connectivity index (χ4n) is 3.46. The number of alkyl halides is 3. The highest BCUT2D eigenvalue weighted by atomic mass is 32.2. The molecule has 0 radical (unpaired) electrons. The van der Waals surface area contributed by atoms with Gasteiger partial charge in [0.05, 0.1) is 16.0 Å². The van der Waals surface area contributed by atoms with E-state index in [9.17, 15) is 21.6 Å². The highest BCUT2D eigenvalue weighted by Gasteiger charge is 2.32. The average Bonchev–Trinajstić information content (AvgIpc) is 3.13. The molecule has 4 rings (SSSR count). The summed E-state index contributed by atoms with van der Waals surface area (Å²) in [5.41, 5.74) is 0.358. The lowest BCUT2D eigenvalue weighted by atomic mass is 10.2. The number of piperazine rings is 1. The number of benzene rings is 2. The van der Waals surface area contributed by atoms with Crippen molar-refractivity contribution < 1.29 is 21.6 Å². The minimum Gasteiger partial charge on any atom is -0.368 e. The fourth-order valence-corrected chi connectivity index (χ4v) is 4.86. The average molecular weight is 409 g/mol. The van der Waals surface area contributed by atoms with Crippen LogP contribution in [0.25, 0.3) is 10.9 Å². The number of fused-ring (bicyclic) bond motifs is 1. The zero-order valence-corrected chi connectivity index (χ0v) is 15.6. The smallest absolute Gasteiger partial charge is 0.368 e. The molecule has 3 aromatic rings. The molecule has 1 fully saturated rings. The summed E-state index contributed by atoms with van der Waals surface area (Å²) < 4.78 is 66.1. The Bertz CT molecular complexity index is 1120. The van der Waals surface area contributed by atoms with Crippen LogP contribution in [0.3, 0.4) is 0 Å². The van der Waals surface area contributed by atoms with Gasteiger partial charge in [0, 0.05) is 43.4 Å². The SMILES string of the molecule is O=S(=O)(c1cccc(C(F)(F)F)c1)n1ccc2c(N3CCNCC3)cccc21. The van der Waals surface area contributed by atoms with E-state index in [0.29, 0.717) is 11.6 Å². The van der Waals surface area contributed by atoms with E-state index in [4.69, 9.17) is 0 Å². The number of nitrogens with zero attached hydrogens (tertiary/aromatic N) is 2. The summed E-state index contributed by atoms with van der Waals surface area (Å²) in [6.45, 7) is 3.26. The highest BCUT2D eigenvalue weighted by molar-refractivity contribution is 7.90. The van der Waals surface area contributed by atoms with Gasteiger partial charge in [-0.05, 0) is 36.4 Å². The van der Waals surface area contributed by atoms with Gasteiger partial charge in [-0.3, -0.25) is 0 Å². The van der Waals surface area contributed by atoms with Crippen molar-refractivity contribution >= 4 is 26.6 Å². The zero-order valence-electron chi connectivity index (χ0n) is 14.8. The second-order valence-corrected chi connectivity index (χ2v) is 8.40. The predicted octanol–water partition coefficient (Wildman–Crippen LogP) is 3.31. The summed E-state index contributed by atoms with van der Waals surface area (Å²) in [5, 5.41) is 4.02. The van der Waals surface area contributed by atoms with Crippen LogP contribution in [0, 0.1) is 0 Å². The molecule has 0 amide bonds. The number of nitrogens with one attached hydrogen (secondary N) is 1. The first-order valence-electron chi connectivity index (χ1n) is 8.77. The maximum atomic E-state index is 13.0. The summed E-state index contributed by atoms with van der Waals surface area (Å²) in [4.78, 5) is 1.77. The summed E-state index contributed by atoms with van der Waals surface area (Å²) >= 11 is 0. The van der Waals surface area contributed by atoms with Crippen LogP contribution in [-0.2, 0) is 16.2 Å². The van der Waals surface area contributed by atoms with Crippen LogP contribution in [0.15, 0.2) is 59.6 Å². The number of hydrogen-bond donors (Lipinski definition) is 1. The fraction of sp³-hybridized carbons (Fsp3) is 0.263. The lowest BCUT2D eigenvalue weighted by Gasteiger charge is -2.30. The Kier molecular flexibility index (Phi) is 4.59. The molecule has 1 aliphatic rings. The first-order chi connectivity index (χ1) is 13.3. The van der Waals surface area contributed by atoms with Gasteiger partial charge >= 0.3 is 6.18 Å². The van der Waals surface area contributed by atoms with E-state index in [2.05, 4.69) is 10.2 Å². The molecule has 2 aromatic carbocycles. The number of rotatable bonds is 3. The van der Waals surface area contributed by atoms with E-state index in [1.807, 2.05) is 6.07 Å². The van der Waals surface area contributed by atoms with Crippen LogP contribution in [0.5, 0.6) is 0 Å². The molecular weight excluding hydrogens is 391 g/mol. The van der Waals surface area contributed by atoms with E-state index < -0.39 is 26.7 Å². The largest absolute Gasteiger partial charge is 0.416 e. The molecule has 0 aliphatic carbocycles. The molecule has 1 aromatic heterocycles. The molecular formula is C19H18F3N3O2S. The van der Waals surface area contributed by atoms with Gasteiger partial charge in [-0.25, -0.2) is 12.4 Å². The van der Waals surface area contributed by atoms with Crippen molar-refractivity contribution in [2.75, 3.05) is 31.1 Å². The second kappa shape index (κ2) is 6.82. The van der Waals surface area contributed by atoms with E-state index in [0.717, 1.165) is 53.4 Å². The topological polar surface area (TPSA) is 54.3 Å². The molecule has 1 saturated heterocycles. The van der Waals surface area contributed by atoms with Crippen molar-refractivity contribution in [1.29, 1.82) is 0 Å². The molecule has 28 heavy (non-hydrogen) atoms. The molecule has 0 bridgehead atoms. The van der Waals surface area contributed by atoms with Crippen LogP contribution in [0.2, 0.25) is 0 Å². The quantitative estimate of drug-likeness (QED) is 0.721. The van der Waals surface area contributed by atoms with Crippen molar-refractivity contribution in [2.24, 2.45) is 0 Å². The summed E-state index contributed by atoms with van der Waals surface area (Å²) in [6.07, 6.45) is -3.22. The predicted molar refractivity (Wildman–Crippen MR) is 101 cm³/mol. The lowest BCUT2D eigenvalue weighted by Crippen LogP contribution is -2.43. The molecule has 0 spiro atoms. The standard InChI is InChI=1S/C19H18F3N3O2S/c20-19(21,22)14-3-1-4-15(13-14)28(26,27)25-10-7-16-17(5-2-6-18(16)25)24-11-8-23-9-12-24/h1-7,10,13,23H,8-9,11-12H2. The Labute approximate surface area is 160 Å². The third-order valence-corrected chi connectivity index (χ3v) is 6.54. The number of halogens is 3. The second-order valence-electron chi connectivity index (χ2n) is 6.59. The Hall–Kier alpha value is -2.52. The first kappa shape index (κ1) is 18.8. The van der Waals surface area contributed by atoms with Crippen LogP contribution in [0.1, 0.15) is 5.56 Å². The van der Waals surface area contributed by atoms with Gasteiger partial charge in [-0.2, -0.15) is 13.2 Å². The zero-order chi connectivity index (χ0) is 19.9. The molecule has 0 saturated carbocycles. The van der Waals surface area contributed by atoms with Gasteiger partial charge in [0.2, 0.25) is 0 Å². The number of anilines is 1. The Balaban J connectivity index is 1.81. The Morgan fingerprint density at radius 1 is 0.964 bits per heavy atom. The Morgan fingerprint density at radius 3 is 2.39 bits per heavy atom. The molecule has 1 aliphatic heterocycles. The molecule has 0 atom stereocenters. The van der Waals surface area contributed by atoms with Gasteiger partial charge in [0.1, 0.15) is 0 Å². The minimum absolute atomic E-state index is 0.396. The molecule has 5 nitrogen and oxygen atoms in total. The van der Waals surface area contributed by atoms with Crippen LogP contribution in [0.4, 0.5) is 18.9 Å². The summed E-state index contributed by atoms with van der Waals surface area (Å²) in [5.74, 6) is 0. The van der Waals surface area contributed by atoms with E-state index in [-0.39, 0.29) is 0 Å². The van der Waals surface area contributed by atoms with Crippen molar-refractivity contribution in [3.05, 3.63) is 60.3 Å². The summed E-state index contributed by atoms with van der Waals surface area (Å²) in [7, 11) is -4.17. The van der Waals surface area contributed by atoms with Gasteiger partial charge < -0.3 is 10.2 Å². The normalized spacial score (nSPS) is 15.9. The van der Waals surface area contributed by atoms with Crippen molar-refractivity contribution in [1.82, 2.24) is 9.29 Å². The third-order valence-electron chi connectivity index (χ3n) is 4.85. The van der Waals surface area contributed by atoms with Crippen LogP contribution in [-0.4, -0.2) is 38.6 Å². The molecule has 148 valence electrons. The number of aromatic nitrogens is 1. The minimum atomic E-state index is -4.61. The van der Waals surface area contributed by atoms with Crippen molar-refractivity contribution in [2.45, 2.75) is 11.1 Å². The number of hydrogen-bond acceptors (Lipinski definition) is 4. The van der Waals surface area contributed by atoms with Crippen molar-refractivity contribution in [3.8, 4) is 0 Å². The maximum absolute atomic E-state index is 13.0. The van der Waals surface area contributed by atoms with Gasteiger partial charge in [0.25, 0.3) is 10.0 Å². The van der Waals surface area contributed by atoms with E-state index in [1.165, 1.54) is 12.3 Å². The van der Waals surface area contributed by atoms with Crippen molar-refractivity contribution in [3.63, 3.8) is 0 Å². The molecule has 9 heteroatoms. The molecule has 0 unspecified atom stereocenters. The monoisotopic (exact) mass is 409 g/mol. The molecule has 2 heterocycles. The third kappa shape index (κ3) is 3.24. The summed E-state index contributed by atoms with van der Waals surface area (Å²) in [6, 6.07) is 10.8. The van der Waals surface area contributed by atoms with Gasteiger partial charge in [-0.1, -0.05) is 12.1 Å². The lowest BCUT2D eigenvalue weighted by molar-refractivity contribution is -0.137. The van der Waals surface area contributed by atoms with Crippen LogP contribution >= 0.6 is 0 Å². The molecule has 1 N–H and O–H groups in total. The van der Waals surface area contributed by atoms with E-state index in [1.54, 1.807) is 18.2 Å². The Morgan fingerprint density at radius 2 is 1.68 bits per heavy atom. The maximum Gasteiger partial charge on any atom is 0.416 e. The van der Waals surface area contributed by atoms with Gasteiger partial charge in [0.15, 0.2) is 0 Å². The van der Waals surface area contributed by atoms with Gasteiger partial charge in [-0.15, -0.1) is 0 Å². The highest BCUT2D eigenvalue weighted by Crippen LogP contribution is 2.33. The van der Waals surface area contributed by atoms with Crippen LogP contribution < -0.4 is 10.2 Å². The van der Waals surface area contributed by atoms with E-state index >= 15 is 0 Å². The first-order valence-corrected chi connectivity index (χ1v) is 10.2.